The van der Waals surface area contributed by atoms with Crippen LogP contribution in [0.4, 0.5) is 10.1 Å². The quantitative estimate of drug-likeness (QED) is 0.857. The molecule has 0 aliphatic rings. The van der Waals surface area contributed by atoms with Crippen molar-refractivity contribution in [2.45, 2.75) is 6.54 Å². The van der Waals surface area contributed by atoms with Gasteiger partial charge in [-0.25, -0.2) is 9.18 Å². The summed E-state index contributed by atoms with van der Waals surface area (Å²) < 4.78 is 17.4. The average molecular weight is 259 g/mol. The number of esters is 1. The van der Waals surface area contributed by atoms with Crippen molar-refractivity contribution < 1.29 is 13.9 Å². The van der Waals surface area contributed by atoms with Gasteiger partial charge in [-0.3, -0.25) is 0 Å². The second-order valence-corrected chi connectivity index (χ2v) is 4.05. The summed E-state index contributed by atoms with van der Waals surface area (Å²) in [6, 6.07) is 13.3. The Hall–Kier alpha value is -2.36. The maximum atomic E-state index is 12.7. The van der Waals surface area contributed by atoms with Gasteiger partial charge < -0.3 is 10.1 Å². The standard InChI is InChI=1S/C15H14FNO2/c1-19-15(18)12-4-2-11(3-5-12)10-17-14-8-6-13(16)7-9-14/h2-9,17H,10H2,1H3. The molecule has 3 nitrogen and oxygen atoms in total. The zero-order valence-corrected chi connectivity index (χ0v) is 10.5. The minimum absolute atomic E-state index is 0.256. The van der Waals surface area contributed by atoms with Gasteiger partial charge in [0.2, 0.25) is 0 Å². The second kappa shape index (κ2) is 6.00. The molecule has 0 aliphatic carbocycles. The van der Waals surface area contributed by atoms with E-state index in [2.05, 4.69) is 10.1 Å². The Labute approximate surface area is 111 Å². The number of ether oxygens (including phenoxy) is 1. The normalized spacial score (nSPS) is 10.0. The van der Waals surface area contributed by atoms with Crippen LogP contribution >= 0.6 is 0 Å². The number of anilines is 1. The van der Waals surface area contributed by atoms with Crippen LogP contribution in [0.5, 0.6) is 0 Å². The van der Waals surface area contributed by atoms with Crippen molar-refractivity contribution in [3.63, 3.8) is 0 Å². The Bertz CT molecular complexity index is 549. The fourth-order valence-corrected chi connectivity index (χ4v) is 1.65. The molecule has 19 heavy (non-hydrogen) atoms. The van der Waals surface area contributed by atoms with Crippen LogP contribution in [0.3, 0.4) is 0 Å². The van der Waals surface area contributed by atoms with Gasteiger partial charge >= 0.3 is 5.97 Å². The van der Waals surface area contributed by atoms with Gasteiger partial charge in [0.1, 0.15) is 5.82 Å². The zero-order valence-electron chi connectivity index (χ0n) is 10.5. The van der Waals surface area contributed by atoms with Crippen molar-refractivity contribution in [3.8, 4) is 0 Å². The molecule has 4 heteroatoms. The Balaban J connectivity index is 1.96. The van der Waals surface area contributed by atoms with Gasteiger partial charge in [0.15, 0.2) is 0 Å². The summed E-state index contributed by atoms with van der Waals surface area (Å²) in [5.74, 6) is -0.606. The Kier molecular flexibility index (Phi) is 4.13. The van der Waals surface area contributed by atoms with Crippen molar-refractivity contribution in [3.05, 3.63) is 65.5 Å². The highest BCUT2D eigenvalue weighted by Crippen LogP contribution is 2.11. The topological polar surface area (TPSA) is 38.3 Å². The lowest BCUT2D eigenvalue weighted by Gasteiger charge is -2.07. The van der Waals surface area contributed by atoms with Crippen molar-refractivity contribution in [2.24, 2.45) is 0 Å². The first-order chi connectivity index (χ1) is 9.19. The lowest BCUT2D eigenvalue weighted by molar-refractivity contribution is 0.0600. The van der Waals surface area contributed by atoms with Gasteiger partial charge in [-0.05, 0) is 42.0 Å². The average Bonchev–Trinajstić information content (AvgIpc) is 2.46. The number of benzene rings is 2. The molecule has 0 radical (unpaired) electrons. The molecule has 2 aromatic rings. The molecule has 0 aromatic heterocycles. The van der Waals surface area contributed by atoms with E-state index in [0.29, 0.717) is 12.1 Å². The summed E-state index contributed by atoms with van der Waals surface area (Å²) in [5, 5.41) is 3.17. The van der Waals surface area contributed by atoms with Crippen LogP contribution in [0.15, 0.2) is 48.5 Å². The fraction of sp³-hybridized carbons (Fsp3) is 0.133. The first-order valence-electron chi connectivity index (χ1n) is 5.86. The van der Waals surface area contributed by atoms with E-state index in [4.69, 9.17) is 0 Å². The third kappa shape index (κ3) is 3.55. The number of methoxy groups -OCH3 is 1. The van der Waals surface area contributed by atoms with E-state index in [1.54, 1.807) is 24.3 Å². The van der Waals surface area contributed by atoms with Crippen molar-refractivity contribution in [1.29, 1.82) is 0 Å². The molecular formula is C15H14FNO2. The van der Waals surface area contributed by atoms with Crippen molar-refractivity contribution in [1.82, 2.24) is 0 Å². The Morgan fingerprint density at radius 3 is 2.32 bits per heavy atom. The van der Waals surface area contributed by atoms with Gasteiger partial charge in [-0.2, -0.15) is 0 Å². The van der Waals surface area contributed by atoms with Gasteiger partial charge in [0.05, 0.1) is 12.7 Å². The number of hydrogen-bond acceptors (Lipinski definition) is 3. The Morgan fingerprint density at radius 2 is 1.74 bits per heavy atom. The van der Waals surface area contributed by atoms with Crippen LogP contribution in [-0.2, 0) is 11.3 Å². The van der Waals surface area contributed by atoms with Crippen LogP contribution in [-0.4, -0.2) is 13.1 Å². The molecule has 0 spiro atoms. The number of halogens is 1. The van der Waals surface area contributed by atoms with Crippen molar-refractivity contribution >= 4 is 11.7 Å². The molecule has 0 bridgehead atoms. The molecule has 0 saturated carbocycles. The van der Waals surface area contributed by atoms with Gasteiger partial charge in [0.25, 0.3) is 0 Å². The molecule has 2 aromatic carbocycles. The van der Waals surface area contributed by atoms with Crippen LogP contribution in [0.1, 0.15) is 15.9 Å². The van der Waals surface area contributed by atoms with E-state index < -0.39 is 0 Å². The molecule has 0 amide bonds. The molecule has 0 aliphatic heterocycles. The molecule has 98 valence electrons. The fourth-order valence-electron chi connectivity index (χ4n) is 1.65. The lowest BCUT2D eigenvalue weighted by Crippen LogP contribution is -2.03. The highest BCUT2D eigenvalue weighted by atomic mass is 19.1. The number of carbonyl (C=O) groups excluding carboxylic acids is 1. The van der Waals surface area contributed by atoms with Gasteiger partial charge in [0, 0.05) is 12.2 Å². The van der Waals surface area contributed by atoms with E-state index in [1.807, 2.05) is 12.1 Å². The first-order valence-corrected chi connectivity index (χ1v) is 5.86. The van der Waals surface area contributed by atoms with Gasteiger partial charge in [-0.1, -0.05) is 12.1 Å². The lowest BCUT2D eigenvalue weighted by atomic mass is 10.1. The largest absolute Gasteiger partial charge is 0.465 e. The third-order valence-electron chi connectivity index (χ3n) is 2.72. The molecule has 0 saturated heterocycles. The summed E-state index contributed by atoms with van der Waals surface area (Å²) in [6.07, 6.45) is 0. The zero-order chi connectivity index (χ0) is 13.7. The molecular weight excluding hydrogens is 245 g/mol. The minimum Gasteiger partial charge on any atom is -0.465 e. The van der Waals surface area contributed by atoms with E-state index in [0.717, 1.165) is 11.3 Å². The number of carbonyl (C=O) groups is 1. The predicted molar refractivity (Wildman–Crippen MR) is 71.5 cm³/mol. The summed E-state index contributed by atoms with van der Waals surface area (Å²) in [4.78, 5) is 11.3. The van der Waals surface area contributed by atoms with E-state index in [9.17, 15) is 9.18 Å². The predicted octanol–water partition coefficient (Wildman–Crippen LogP) is 3.22. The van der Waals surface area contributed by atoms with Crippen LogP contribution in [0, 0.1) is 5.82 Å². The highest BCUT2D eigenvalue weighted by Gasteiger charge is 2.04. The van der Waals surface area contributed by atoms with Crippen LogP contribution < -0.4 is 5.32 Å². The number of hydrogen-bond donors (Lipinski definition) is 1. The summed E-state index contributed by atoms with van der Waals surface area (Å²) in [5.41, 5.74) is 2.39. The third-order valence-corrected chi connectivity index (χ3v) is 2.72. The highest BCUT2D eigenvalue weighted by molar-refractivity contribution is 5.89. The molecule has 0 heterocycles. The molecule has 0 fully saturated rings. The maximum absolute atomic E-state index is 12.7. The first kappa shape index (κ1) is 13.1. The Morgan fingerprint density at radius 1 is 1.11 bits per heavy atom. The summed E-state index contributed by atoms with van der Waals surface area (Å²) in [6.45, 7) is 0.604. The maximum Gasteiger partial charge on any atom is 0.337 e. The minimum atomic E-state index is -0.349. The smallest absolute Gasteiger partial charge is 0.337 e. The van der Waals surface area contributed by atoms with Gasteiger partial charge in [-0.15, -0.1) is 0 Å². The van der Waals surface area contributed by atoms with E-state index in [-0.39, 0.29) is 11.8 Å². The monoisotopic (exact) mass is 259 g/mol. The van der Waals surface area contributed by atoms with E-state index >= 15 is 0 Å². The second-order valence-electron chi connectivity index (χ2n) is 4.05. The molecule has 0 unspecified atom stereocenters. The van der Waals surface area contributed by atoms with Crippen molar-refractivity contribution in [2.75, 3.05) is 12.4 Å². The van der Waals surface area contributed by atoms with Crippen LogP contribution in [0.25, 0.3) is 0 Å². The summed E-state index contributed by atoms with van der Waals surface area (Å²) in [7, 11) is 1.35. The molecule has 2 rings (SSSR count). The SMILES string of the molecule is COC(=O)c1ccc(CNc2ccc(F)cc2)cc1. The van der Waals surface area contributed by atoms with Crippen LogP contribution in [0.2, 0.25) is 0 Å². The van der Waals surface area contributed by atoms with E-state index in [1.165, 1.54) is 19.2 Å². The number of nitrogens with one attached hydrogen (secondary N) is 1. The molecule has 1 N–H and O–H groups in total. The molecule has 0 atom stereocenters. The summed E-state index contributed by atoms with van der Waals surface area (Å²) >= 11 is 0. The number of rotatable bonds is 4.